The van der Waals surface area contributed by atoms with E-state index in [4.69, 9.17) is 9.94 Å². The van der Waals surface area contributed by atoms with Gasteiger partial charge in [0.05, 0.1) is 12.3 Å². The molecular formula is C18H27FN4O5S. The molecule has 1 fully saturated rings. The smallest absolute Gasteiger partial charge is 0.351 e. The predicted molar refractivity (Wildman–Crippen MR) is 106 cm³/mol. The standard InChI is InChI=1S/C18H27FN4O5S/c1-12-8-9-15(28-12)23-11-13(19)16(20-17(23)25)21-18(26)29-10-6-4-2-3-5-7-14(24)22-27/h11-12,15,27H,2-10H2,1H3,(H,22,24)(H,20,21,25,26)/t12-,15-/m1/s1. The SMILES string of the molecule is C[C@@H]1CC[C@H](n2cc(F)c(NC(=O)SCCCCCCCC(=O)NO)nc2=O)O1. The molecule has 9 nitrogen and oxygen atoms in total. The van der Waals surface area contributed by atoms with Crippen LogP contribution < -0.4 is 16.5 Å². The number of carbonyl (C=O) groups is 2. The number of carbonyl (C=O) groups excluding carboxylic acids is 2. The molecule has 29 heavy (non-hydrogen) atoms. The zero-order valence-electron chi connectivity index (χ0n) is 16.4. The molecule has 1 aromatic rings. The monoisotopic (exact) mass is 430 g/mol. The number of halogens is 1. The highest BCUT2D eigenvalue weighted by Crippen LogP contribution is 2.27. The number of amides is 2. The first-order chi connectivity index (χ1) is 13.9. The summed E-state index contributed by atoms with van der Waals surface area (Å²) in [6.07, 6.45) is 6.33. The van der Waals surface area contributed by atoms with Gasteiger partial charge in [0.1, 0.15) is 6.23 Å². The summed E-state index contributed by atoms with van der Waals surface area (Å²) in [6, 6.07) is 0. The summed E-state index contributed by atoms with van der Waals surface area (Å²) in [6.45, 7) is 1.89. The molecule has 0 aliphatic carbocycles. The fraction of sp³-hybridized carbons (Fsp3) is 0.667. The van der Waals surface area contributed by atoms with Gasteiger partial charge in [0.2, 0.25) is 5.91 Å². The molecule has 162 valence electrons. The van der Waals surface area contributed by atoms with Gasteiger partial charge in [-0.2, -0.15) is 4.98 Å². The summed E-state index contributed by atoms with van der Waals surface area (Å²) in [5, 5.41) is 10.2. The van der Waals surface area contributed by atoms with Crippen molar-refractivity contribution in [2.24, 2.45) is 0 Å². The molecule has 2 amide bonds. The minimum Gasteiger partial charge on any atom is -0.355 e. The normalized spacial score (nSPS) is 18.6. The van der Waals surface area contributed by atoms with Crippen molar-refractivity contribution in [3.63, 3.8) is 0 Å². The lowest BCUT2D eigenvalue weighted by molar-refractivity contribution is -0.129. The number of hydrogen-bond donors (Lipinski definition) is 3. The Labute approximate surface area is 172 Å². The molecule has 0 saturated carbocycles. The second kappa shape index (κ2) is 11.9. The third-order valence-corrected chi connectivity index (χ3v) is 5.41. The number of hydrogen-bond acceptors (Lipinski definition) is 7. The van der Waals surface area contributed by atoms with E-state index in [2.05, 4.69) is 10.3 Å². The number of nitrogens with zero attached hydrogens (tertiary/aromatic N) is 2. The number of aromatic nitrogens is 2. The van der Waals surface area contributed by atoms with E-state index in [1.165, 1.54) is 0 Å². The van der Waals surface area contributed by atoms with Gasteiger partial charge in [-0.05, 0) is 32.6 Å². The Balaban J connectivity index is 1.69. The highest BCUT2D eigenvalue weighted by Gasteiger charge is 2.25. The van der Waals surface area contributed by atoms with Crippen LogP contribution in [-0.4, -0.2) is 37.8 Å². The van der Waals surface area contributed by atoms with Crippen molar-refractivity contribution in [3.8, 4) is 0 Å². The summed E-state index contributed by atoms with van der Waals surface area (Å²) in [5.74, 6) is -1.00. The third-order valence-electron chi connectivity index (χ3n) is 4.55. The van der Waals surface area contributed by atoms with E-state index in [0.717, 1.165) is 54.6 Å². The molecule has 3 N–H and O–H groups in total. The summed E-state index contributed by atoms with van der Waals surface area (Å²) in [7, 11) is 0. The zero-order chi connectivity index (χ0) is 21.2. The van der Waals surface area contributed by atoms with Gasteiger partial charge in [-0.25, -0.2) is 14.7 Å². The second-order valence-corrected chi connectivity index (χ2v) is 7.99. The Morgan fingerprint density at radius 1 is 1.31 bits per heavy atom. The quantitative estimate of drug-likeness (QED) is 0.296. The second-order valence-electron chi connectivity index (χ2n) is 6.92. The number of unbranched alkanes of at least 4 members (excludes halogenated alkanes) is 4. The van der Waals surface area contributed by atoms with Crippen LogP contribution in [0, 0.1) is 5.82 Å². The molecule has 11 heteroatoms. The molecule has 0 radical (unpaired) electrons. The summed E-state index contributed by atoms with van der Waals surface area (Å²) in [4.78, 5) is 38.6. The molecule has 1 saturated heterocycles. The van der Waals surface area contributed by atoms with Crippen LogP contribution in [0.4, 0.5) is 15.0 Å². The maximum absolute atomic E-state index is 14.2. The average Bonchev–Trinajstić information content (AvgIpc) is 3.12. The largest absolute Gasteiger partial charge is 0.355 e. The van der Waals surface area contributed by atoms with Crippen molar-refractivity contribution in [2.45, 2.75) is 70.6 Å². The highest BCUT2D eigenvalue weighted by molar-refractivity contribution is 8.13. The molecule has 1 aliphatic heterocycles. The van der Waals surface area contributed by atoms with Gasteiger partial charge in [0, 0.05) is 12.2 Å². The van der Waals surface area contributed by atoms with Gasteiger partial charge >= 0.3 is 5.69 Å². The lowest BCUT2D eigenvalue weighted by atomic mass is 10.1. The average molecular weight is 431 g/mol. The van der Waals surface area contributed by atoms with Crippen molar-refractivity contribution < 1.29 is 23.9 Å². The number of ether oxygens (including phenoxy) is 1. The van der Waals surface area contributed by atoms with Gasteiger partial charge in [-0.15, -0.1) is 0 Å². The van der Waals surface area contributed by atoms with Gasteiger partial charge in [-0.1, -0.05) is 31.0 Å². The Bertz CT molecular complexity index is 760. The minimum absolute atomic E-state index is 0.00535. The van der Waals surface area contributed by atoms with Crippen molar-refractivity contribution in [3.05, 3.63) is 22.5 Å². The van der Waals surface area contributed by atoms with Crippen molar-refractivity contribution >= 4 is 28.7 Å². The number of nitrogens with one attached hydrogen (secondary N) is 2. The van der Waals surface area contributed by atoms with Crippen LogP contribution in [0.2, 0.25) is 0 Å². The number of anilines is 1. The first-order valence-electron chi connectivity index (χ1n) is 9.71. The molecule has 0 aromatic carbocycles. The van der Waals surface area contributed by atoms with E-state index in [1.807, 2.05) is 6.92 Å². The lowest BCUT2D eigenvalue weighted by Crippen LogP contribution is -2.29. The highest BCUT2D eigenvalue weighted by atomic mass is 32.2. The lowest BCUT2D eigenvalue weighted by Gasteiger charge is -2.15. The molecule has 0 unspecified atom stereocenters. The molecule has 0 spiro atoms. The first kappa shape index (κ1) is 23.3. The number of rotatable bonds is 10. The van der Waals surface area contributed by atoms with Gasteiger partial charge < -0.3 is 4.74 Å². The van der Waals surface area contributed by atoms with E-state index in [-0.39, 0.29) is 18.3 Å². The molecule has 1 aromatic heterocycles. The van der Waals surface area contributed by atoms with Crippen LogP contribution in [0.5, 0.6) is 0 Å². The van der Waals surface area contributed by atoms with Crippen LogP contribution in [-0.2, 0) is 9.53 Å². The minimum atomic E-state index is -0.784. The van der Waals surface area contributed by atoms with Crippen LogP contribution in [0.3, 0.4) is 0 Å². The van der Waals surface area contributed by atoms with Crippen LogP contribution in [0.1, 0.15) is 64.5 Å². The van der Waals surface area contributed by atoms with E-state index >= 15 is 0 Å². The molecule has 2 rings (SSSR count). The summed E-state index contributed by atoms with van der Waals surface area (Å²) < 4.78 is 20.9. The fourth-order valence-corrected chi connectivity index (χ4v) is 3.70. The third kappa shape index (κ3) is 7.75. The Morgan fingerprint density at radius 2 is 2.03 bits per heavy atom. The van der Waals surface area contributed by atoms with Crippen molar-refractivity contribution in [2.75, 3.05) is 11.1 Å². The zero-order valence-corrected chi connectivity index (χ0v) is 17.2. The Kier molecular flexibility index (Phi) is 9.55. The Hall–Kier alpha value is -1.98. The molecule has 0 bridgehead atoms. The van der Waals surface area contributed by atoms with Crippen LogP contribution in [0.15, 0.2) is 11.0 Å². The van der Waals surface area contributed by atoms with Crippen molar-refractivity contribution in [1.82, 2.24) is 15.0 Å². The summed E-state index contributed by atoms with van der Waals surface area (Å²) in [5.41, 5.74) is 0.923. The number of thioether (sulfide) groups is 1. The summed E-state index contributed by atoms with van der Waals surface area (Å²) >= 11 is 1.00. The maximum Gasteiger partial charge on any atom is 0.351 e. The van der Waals surface area contributed by atoms with E-state index in [0.29, 0.717) is 18.6 Å². The molecule has 1 aliphatic rings. The Morgan fingerprint density at radius 3 is 2.72 bits per heavy atom. The first-order valence-corrected chi connectivity index (χ1v) is 10.7. The van der Waals surface area contributed by atoms with Crippen LogP contribution in [0.25, 0.3) is 0 Å². The molecule has 2 heterocycles. The molecular weight excluding hydrogens is 403 g/mol. The van der Waals surface area contributed by atoms with Gasteiger partial charge in [0.25, 0.3) is 5.24 Å². The fourth-order valence-electron chi connectivity index (χ4n) is 3.00. The maximum atomic E-state index is 14.2. The van der Waals surface area contributed by atoms with Crippen molar-refractivity contribution in [1.29, 1.82) is 0 Å². The van der Waals surface area contributed by atoms with E-state index in [9.17, 15) is 18.8 Å². The van der Waals surface area contributed by atoms with E-state index < -0.39 is 28.9 Å². The van der Waals surface area contributed by atoms with Crippen LogP contribution >= 0.6 is 11.8 Å². The molecule has 2 atom stereocenters. The topological polar surface area (TPSA) is 123 Å². The predicted octanol–water partition coefficient (Wildman–Crippen LogP) is 3.19. The number of hydroxylamine groups is 1. The van der Waals surface area contributed by atoms with E-state index in [1.54, 1.807) is 5.48 Å². The van der Waals surface area contributed by atoms with Gasteiger partial charge in [-0.3, -0.25) is 24.7 Å². The van der Waals surface area contributed by atoms with Gasteiger partial charge in [0.15, 0.2) is 11.6 Å².